The molecule has 0 saturated carbocycles. The molecular formula is C36H55N3O4. The molecule has 2 N–H and O–H groups in total. The van der Waals surface area contributed by atoms with Crippen LogP contribution in [-0.2, 0) is 14.3 Å². The highest BCUT2D eigenvalue weighted by Crippen LogP contribution is 2.29. The fraction of sp³-hybridized carbons (Fsp3) is 0.583. The van der Waals surface area contributed by atoms with E-state index in [9.17, 15) is 14.4 Å². The van der Waals surface area contributed by atoms with Gasteiger partial charge >= 0.3 is 6.09 Å². The van der Waals surface area contributed by atoms with E-state index in [1.165, 1.54) is 0 Å². The van der Waals surface area contributed by atoms with Crippen LogP contribution >= 0.6 is 0 Å². The van der Waals surface area contributed by atoms with Crippen LogP contribution in [0.25, 0.3) is 0 Å². The van der Waals surface area contributed by atoms with Crippen molar-refractivity contribution in [2.24, 2.45) is 5.92 Å². The topological polar surface area (TPSA) is 87.7 Å². The van der Waals surface area contributed by atoms with Gasteiger partial charge in [0.1, 0.15) is 17.7 Å². The van der Waals surface area contributed by atoms with Crippen molar-refractivity contribution in [3.8, 4) is 0 Å². The Morgan fingerprint density at radius 3 is 2.00 bits per heavy atom. The fourth-order valence-electron chi connectivity index (χ4n) is 5.44. The minimum Gasteiger partial charge on any atom is -0.444 e. The Balaban J connectivity index is 2.62. The number of nitrogens with one attached hydrogen (secondary N) is 2. The molecule has 0 spiro atoms. The zero-order valence-electron chi connectivity index (χ0n) is 28.2. The van der Waals surface area contributed by atoms with Crippen LogP contribution in [0.5, 0.6) is 0 Å². The molecule has 2 atom stereocenters. The van der Waals surface area contributed by atoms with E-state index in [2.05, 4.69) is 23.6 Å². The van der Waals surface area contributed by atoms with Crippen molar-refractivity contribution >= 4 is 23.6 Å². The standard InChI is InChI=1S/C36H55N3O4/c1-11-12-13-14-15-19-39(34(41)30(20-24(2)3)37-35(42)43-36(8,9)10)32(29-22-25(4)21-26(5)23-29)33(40)38-31-27(6)17-16-18-28(31)7/h16-18,21-24,30,32H,11-15,19-20H2,1-10H3,(H,37,42)(H,38,40). The Kier molecular flexibility index (Phi) is 13.7. The van der Waals surface area contributed by atoms with Crippen LogP contribution in [0.1, 0.15) is 114 Å². The fourth-order valence-corrected chi connectivity index (χ4v) is 5.44. The molecule has 2 unspecified atom stereocenters. The van der Waals surface area contributed by atoms with Gasteiger partial charge in [0.25, 0.3) is 5.91 Å². The quantitative estimate of drug-likeness (QED) is 0.216. The Hall–Kier alpha value is -3.35. The number of carbonyl (C=O) groups excluding carboxylic acids is 3. The Labute approximate surface area is 260 Å². The Morgan fingerprint density at radius 1 is 0.884 bits per heavy atom. The van der Waals surface area contributed by atoms with Gasteiger partial charge in [0.2, 0.25) is 5.91 Å². The van der Waals surface area contributed by atoms with Crippen LogP contribution in [0.3, 0.4) is 0 Å². The second-order valence-electron chi connectivity index (χ2n) is 13.4. The summed E-state index contributed by atoms with van der Waals surface area (Å²) in [6, 6.07) is 10.2. The lowest BCUT2D eigenvalue weighted by atomic mass is 9.96. The molecule has 238 valence electrons. The number of ether oxygens (including phenoxy) is 1. The molecule has 0 saturated heterocycles. The monoisotopic (exact) mass is 593 g/mol. The van der Waals surface area contributed by atoms with Gasteiger partial charge in [-0.25, -0.2) is 4.79 Å². The maximum Gasteiger partial charge on any atom is 0.408 e. The highest BCUT2D eigenvalue weighted by molar-refractivity contribution is 6.00. The first-order chi connectivity index (χ1) is 20.1. The van der Waals surface area contributed by atoms with Crippen LogP contribution in [-0.4, -0.2) is 41.0 Å². The predicted octanol–water partition coefficient (Wildman–Crippen LogP) is 8.34. The third-order valence-corrected chi connectivity index (χ3v) is 7.33. The van der Waals surface area contributed by atoms with E-state index in [0.29, 0.717) is 13.0 Å². The zero-order chi connectivity index (χ0) is 32.3. The smallest absolute Gasteiger partial charge is 0.408 e. The van der Waals surface area contributed by atoms with Gasteiger partial charge in [0, 0.05) is 12.2 Å². The summed E-state index contributed by atoms with van der Waals surface area (Å²) in [5.41, 5.74) is 4.73. The van der Waals surface area contributed by atoms with Gasteiger partial charge in [-0.05, 0) is 83.9 Å². The average molecular weight is 594 g/mol. The van der Waals surface area contributed by atoms with E-state index < -0.39 is 23.8 Å². The van der Waals surface area contributed by atoms with Crippen molar-refractivity contribution in [1.82, 2.24) is 10.2 Å². The van der Waals surface area contributed by atoms with Gasteiger partial charge in [-0.3, -0.25) is 9.59 Å². The number of anilines is 1. The summed E-state index contributed by atoms with van der Waals surface area (Å²) in [5.74, 6) is -0.431. The summed E-state index contributed by atoms with van der Waals surface area (Å²) >= 11 is 0. The number of unbranched alkanes of at least 4 members (excludes halogenated alkanes) is 4. The largest absolute Gasteiger partial charge is 0.444 e. The second kappa shape index (κ2) is 16.5. The van der Waals surface area contributed by atoms with E-state index in [0.717, 1.165) is 65.6 Å². The number of benzene rings is 2. The number of nitrogens with zero attached hydrogens (tertiary/aromatic N) is 1. The molecule has 2 aromatic carbocycles. The van der Waals surface area contributed by atoms with Gasteiger partial charge in [0.05, 0.1) is 0 Å². The molecule has 2 rings (SSSR count). The molecule has 3 amide bonds. The predicted molar refractivity (Wildman–Crippen MR) is 176 cm³/mol. The van der Waals surface area contributed by atoms with E-state index >= 15 is 0 Å². The van der Waals surface area contributed by atoms with Crippen molar-refractivity contribution in [2.45, 2.75) is 125 Å². The van der Waals surface area contributed by atoms with Crippen LogP contribution < -0.4 is 10.6 Å². The number of amides is 3. The number of hydrogen-bond acceptors (Lipinski definition) is 4. The molecule has 0 aromatic heterocycles. The molecular weight excluding hydrogens is 538 g/mol. The maximum absolute atomic E-state index is 14.6. The SMILES string of the molecule is CCCCCCCN(C(=O)C(CC(C)C)NC(=O)OC(C)(C)C)C(C(=O)Nc1c(C)cccc1C)c1cc(C)cc(C)c1. The zero-order valence-corrected chi connectivity index (χ0v) is 28.2. The third-order valence-electron chi connectivity index (χ3n) is 7.33. The number of para-hydroxylation sites is 1. The Morgan fingerprint density at radius 2 is 1.47 bits per heavy atom. The van der Waals surface area contributed by atoms with E-state index in [1.54, 1.807) is 25.7 Å². The molecule has 7 nitrogen and oxygen atoms in total. The summed E-state index contributed by atoms with van der Waals surface area (Å²) < 4.78 is 5.53. The molecule has 0 aliphatic carbocycles. The summed E-state index contributed by atoms with van der Waals surface area (Å²) in [5, 5.41) is 6.02. The first-order valence-corrected chi connectivity index (χ1v) is 15.9. The summed E-state index contributed by atoms with van der Waals surface area (Å²) in [6.45, 7) is 19.9. The molecule has 43 heavy (non-hydrogen) atoms. The van der Waals surface area contributed by atoms with Crippen molar-refractivity contribution in [1.29, 1.82) is 0 Å². The molecule has 2 aromatic rings. The van der Waals surface area contributed by atoms with Crippen molar-refractivity contribution in [3.05, 3.63) is 64.2 Å². The van der Waals surface area contributed by atoms with Gasteiger partial charge in [-0.15, -0.1) is 0 Å². The van der Waals surface area contributed by atoms with Gasteiger partial charge in [-0.1, -0.05) is 94.0 Å². The highest BCUT2D eigenvalue weighted by Gasteiger charge is 2.37. The molecule has 0 fully saturated rings. The van der Waals surface area contributed by atoms with E-state index in [-0.39, 0.29) is 17.7 Å². The van der Waals surface area contributed by atoms with Gasteiger partial charge in [0.15, 0.2) is 0 Å². The lowest BCUT2D eigenvalue weighted by molar-refractivity contribution is -0.141. The van der Waals surface area contributed by atoms with Crippen LogP contribution in [0.4, 0.5) is 10.5 Å². The second-order valence-corrected chi connectivity index (χ2v) is 13.4. The molecule has 0 radical (unpaired) electrons. The number of rotatable bonds is 14. The lowest BCUT2D eigenvalue weighted by Crippen LogP contribution is -2.53. The first kappa shape index (κ1) is 35.8. The van der Waals surface area contributed by atoms with Gasteiger partial charge < -0.3 is 20.3 Å². The molecule has 7 heteroatoms. The molecule has 0 heterocycles. The van der Waals surface area contributed by atoms with Crippen LogP contribution in [0.15, 0.2) is 36.4 Å². The van der Waals surface area contributed by atoms with Crippen LogP contribution in [0.2, 0.25) is 0 Å². The minimum atomic E-state index is -0.883. The number of aryl methyl sites for hydroxylation is 4. The van der Waals surface area contributed by atoms with E-state index in [4.69, 9.17) is 4.74 Å². The third kappa shape index (κ3) is 11.7. The van der Waals surface area contributed by atoms with Gasteiger partial charge in [-0.2, -0.15) is 0 Å². The van der Waals surface area contributed by atoms with E-state index in [1.807, 2.05) is 71.9 Å². The molecule has 0 aliphatic heterocycles. The summed E-state index contributed by atoms with van der Waals surface area (Å²) in [7, 11) is 0. The maximum atomic E-state index is 14.6. The summed E-state index contributed by atoms with van der Waals surface area (Å²) in [6.07, 6.45) is 4.78. The van der Waals surface area contributed by atoms with Crippen molar-refractivity contribution in [3.63, 3.8) is 0 Å². The number of carbonyl (C=O) groups is 3. The highest BCUT2D eigenvalue weighted by atomic mass is 16.6. The molecule has 0 aliphatic rings. The van der Waals surface area contributed by atoms with Crippen LogP contribution in [0, 0.1) is 33.6 Å². The summed E-state index contributed by atoms with van der Waals surface area (Å²) in [4.78, 5) is 43.5. The average Bonchev–Trinajstić information content (AvgIpc) is 2.87. The molecule has 0 bridgehead atoms. The minimum absolute atomic E-state index is 0.124. The van der Waals surface area contributed by atoms with Crippen molar-refractivity contribution in [2.75, 3.05) is 11.9 Å². The lowest BCUT2D eigenvalue weighted by Gasteiger charge is -2.35. The number of hydrogen-bond donors (Lipinski definition) is 2. The number of alkyl carbamates (subject to hydrolysis) is 1. The van der Waals surface area contributed by atoms with Crippen molar-refractivity contribution < 1.29 is 19.1 Å². The Bertz CT molecular complexity index is 1190. The first-order valence-electron chi connectivity index (χ1n) is 15.9. The normalized spacial score (nSPS) is 12.9.